The molecule has 3 heterocycles. The van der Waals surface area contributed by atoms with Gasteiger partial charge in [-0.25, -0.2) is 0 Å². The summed E-state index contributed by atoms with van der Waals surface area (Å²) in [6.45, 7) is 3.99. The lowest BCUT2D eigenvalue weighted by molar-refractivity contribution is 0.379. The fourth-order valence-corrected chi connectivity index (χ4v) is 2.70. The second-order valence-corrected chi connectivity index (χ2v) is 5.58. The highest BCUT2D eigenvalue weighted by molar-refractivity contribution is 5.75. The standard InChI is InChI=1S/C15H17N5O2/c1-9-2-3-12-11(8-9)17-14(21-12)18-15-20-19-13(22-15)10-4-6-16-7-5-10/h2-3,8,10,16H,4-7H2,1H3,(H,17,18,20). The topological polar surface area (TPSA) is 89.0 Å². The van der Waals surface area contributed by atoms with Crippen molar-refractivity contribution in [3.8, 4) is 0 Å². The van der Waals surface area contributed by atoms with E-state index in [1.165, 1.54) is 0 Å². The van der Waals surface area contributed by atoms with Crippen LogP contribution in [-0.2, 0) is 0 Å². The smallest absolute Gasteiger partial charge is 0.323 e. The Labute approximate surface area is 127 Å². The van der Waals surface area contributed by atoms with Gasteiger partial charge in [0.2, 0.25) is 5.89 Å². The fraction of sp³-hybridized carbons (Fsp3) is 0.400. The van der Waals surface area contributed by atoms with Crippen LogP contribution < -0.4 is 10.6 Å². The van der Waals surface area contributed by atoms with Crippen LogP contribution in [0.5, 0.6) is 0 Å². The SMILES string of the molecule is Cc1ccc2oc(Nc3nnc(C4CCNCC4)o3)nc2c1. The largest absolute Gasteiger partial charge is 0.423 e. The molecular formula is C15H17N5O2. The van der Waals surface area contributed by atoms with Gasteiger partial charge in [0, 0.05) is 5.92 Å². The number of rotatable bonds is 3. The molecule has 0 unspecified atom stereocenters. The van der Waals surface area contributed by atoms with Crippen LogP contribution in [0.3, 0.4) is 0 Å². The van der Waals surface area contributed by atoms with Crippen LogP contribution in [0, 0.1) is 6.92 Å². The van der Waals surface area contributed by atoms with Crippen LogP contribution >= 0.6 is 0 Å². The molecule has 7 nitrogen and oxygen atoms in total. The van der Waals surface area contributed by atoms with Crippen molar-refractivity contribution in [1.29, 1.82) is 0 Å². The molecule has 2 aromatic heterocycles. The van der Waals surface area contributed by atoms with E-state index in [9.17, 15) is 0 Å². The lowest BCUT2D eigenvalue weighted by Crippen LogP contribution is -2.26. The number of nitrogens with zero attached hydrogens (tertiary/aromatic N) is 3. The summed E-state index contributed by atoms with van der Waals surface area (Å²) < 4.78 is 11.3. The van der Waals surface area contributed by atoms with E-state index in [0.29, 0.717) is 23.8 Å². The van der Waals surface area contributed by atoms with Crippen molar-refractivity contribution in [3.63, 3.8) is 0 Å². The molecule has 0 radical (unpaired) electrons. The molecule has 2 N–H and O–H groups in total. The van der Waals surface area contributed by atoms with Crippen molar-refractivity contribution in [1.82, 2.24) is 20.5 Å². The lowest BCUT2D eigenvalue weighted by Gasteiger charge is -2.18. The van der Waals surface area contributed by atoms with Gasteiger partial charge >= 0.3 is 12.0 Å². The first-order valence-electron chi connectivity index (χ1n) is 7.46. The number of hydrogen-bond acceptors (Lipinski definition) is 7. The number of aryl methyl sites for hydroxylation is 1. The van der Waals surface area contributed by atoms with E-state index in [-0.39, 0.29) is 0 Å². The molecule has 4 rings (SSSR count). The molecule has 1 aliphatic rings. The van der Waals surface area contributed by atoms with Gasteiger partial charge in [-0.3, -0.25) is 5.32 Å². The van der Waals surface area contributed by atoms with Crippen molar-refractivity contribution < 1.29 is 8.83 Å². The van der Waals surface area contributed by atoms with Crippen LogP contribution in [0.2, 0.25) is 0 Å². The minimum atomic E-state index is 0.316. The summed E-state index contributed by atoms with van der Waals surface area (Å²) in [5.41, 5.74) is 2.67. The summed E-state index contributed by atoms with van der Waals surface area (Å²) in [6.07, 6.45) is 2.04. The third kappa shape index (κ3) is 2.55. The van der Waals surface area contributed by atoms with Crippen molar-refractivity contribution in [3.05, 3.63) is 29.7 Å². The van der Waals surface area contributed by atoms with Gasteiger partial charge in [-0.15, -0.1) is 5.10 Å². The molecule has 1 saturated heterocycles. The summed E-state index contributed by atoms with van der Waals surface area (Å²) in [5, 5.41) is 14.4. The summed E-state index contributed by atoms with van der Waals surface area (Å²) in [5.74, 6) is 1.01. The van der Waals surface area contributed by atoms with E-state index < -0.39 is 0 Å². The van der Waals surface area contributed by atoms with Crippen LogP contribution in [0.4, 0.5) is 12.0 Å². The summed E-state index contributed by atoms with van der Waals surface area (Å²) >= 11 is 0. The number of piperidine rings is 1. The van der Waals surface area contributed by atoms with E-state index in [1.807, 2.05) is 25.1 Å². The highest BCUT2D eigenvalue weighted by Crippen LogP contribution is 2.27. The van der Waals surface area contributed by atoms with Crippen molar-refractivity contribution in [2.24, 2.45) is 0 Å². The van der Waals surface area contributed by atoms with Gasteiger partial charge in [0.1, 0.15) is 5.52 Å². The zero-order valence-electron chi connectivity index (χ0n) is 12.3. The number of fused-ring (bicyclic) bond motifs is 1. The van der Waals surface area contributed by atoms with E-state index in [1.54, 1.807) is 0 Å². The molecule has 1 aromatic carbocycles. The number of nitrogens with one attached hydrogen (secondary N) is 2. The molecule has 3 aromatic rings. The molecule has 0 aliphatic carbocycles. The van der Waals surface area contributed by atoms with E-state index in [4.69, 9.17) is 8.83 Å². The normalized spacial score (nSPS) is 16.2. The third-order valence-electron chi connectivity index (χ3n) is 3.89. The van der Waals surface area contributed by atoms with Gasteiger partial charge in [0.15, 0.2) is 5.58 Å². The van der Waals surface area contributed by atoms with Gasteiger partial charge in [0.25, 0.3) is 0 Å². The van der Waals surface area contributed by atoms with E-state index in [0.717, 1.165) is 42.6 Å². The molecule has 7 heteroatoms. The molecule has 1 fully saturated rings. The fourth-order valence-electron chi connectivity index (χ4n) is 2.70. The number of oxazole rings is 1. The number of aromatic nitrogens is 3. The first-order chi connectivity index (χ1) is 10.8. The van der Waals surface area contributed by atoms with E-state index >= 15 is 0 Å². The van der Waals surface area contributed by atoms with E-state index in [2.05, 4.69) is 25.8 Å². The molecule has 114 valence electrons. The van der Waals surface area contributed by atoms with Crippen LogP contribution in [0.25, 0.3) is 11.1 Å². The predicted molar refractivity (Wildman–Crippen MR) is 81.2 cm³/mol. The average Bonchev–Trinajstić information content (AvgIpc) is 3.14. The molecule has 0 atom stereocenters. The molecule has 0 bridgehead atoms. The molecule has 0 amide bonds. The van der Waals surface area contributed by atoms with Crippen LogP contribution in [-0.4, -0.2) is 28.3 Å². The number of hydrogen-bond donors (Lipinski definition) is 2. The Morgan fingerprint density at radius 2 is 2.00 bits per heavy atom. The molecule has 0 saturated carbocycles. The second-order valence-electron chi connectivity index (χ2n) is 5.58. The van der Waals surface area contributed by atoms with Crippen molar-refractivity contribution >= 4 is 23.1 Å². The quantitative estimate of drug-likeness (QED) is 0.768. The van der Waals surface area contributed by atoms with Gasteiger partial charge in [-0.05, 0) is 50.6 Å². The Hall–Kier alpha value is -2.41. The third-order valence-corrected chi connectivity index (χ3v) is 3.89. The maximum absolute atomic E-state index is 5.69. The van der Waals surface area contributed by atoms with Gasteiger partial charge in [-0.1, -0.05) is 11.2 Å². The molecule has 0 spiro atoms. The van der Waals surface area contributed by atoms with Crippen molar-refractivity contribution in [2.75, 3.05) is 18.4 Å². The Balaban J connectivity index is 1.53. The Bertz CT molecular complexity index is 788. The lowest BCUT2D eigenvalue weighted by atomic mass is 9.98. The number of benzene rings is 1. The highest BCUT2D eigenvalue weighted by Gasteiger charge is 2.21. The summed E-state index contributed by atoms with van der Waals surface area (Å²) in [6, 6.07) is 6.53. The first kappa shape index (κ1) is 13.3. The Kier molecular flexibility index (Phi) is 3.27. The zero-order chi connectivity index (χ0) is 14.9. The summed E-state index contributed by atoms with van der Waals surface area (Å²) in [4.78, 5) is 4.38. The van der Waals surface area contributed by atoms with Gasteiger partial charge in [0.05, 0.1) is 0 Å². The maximum atomic E-state index is 5.69. The zero-order valence-corrected chi connectivity index (χ0v) is 12.3. The van der Waals surface area contributed by atoms with Crippen molar-refractivity contribution in [2.45, 2.75) is 25.7 Å². The van der Waals surface area contributed by atoms with Gasteiger partial charge < -0.3 is 14.2 Å². The van der Waals surface area contributed by atoms with Crippen LogP contribution in [0.15, 0.2) is 27.0 Å². The van der Waals surface area contributed by atoms with Gasteiger partial charge in [-0.2, -0.15) is 4.98 Å². The Morgan fingerprint density at radius 1 is 1.14 bits per heavy atom. The number of anilines is 2. The molecular weight excluding hydrogens is 282 g/mol. The van der Waals surface area contributed by atoms with Crippen LogP contribution in [0.1, 0.15) is 30.2 Å². The summed E-state index contributed by atoms with van der Waals surface area (Å²) in [7, 11) is 0. The highest BCUT2D eigenvalue weighted by atomic mass is 16.4. The maximum Gasteiger partial charge on any atom is 0.323 e. The minimum Gasteiger partial charge on any atom is -0.423 e. The molecule has 22 heavy (non-hydrogen) atoms. The molecule has 1 aliphatic heterocycles. The predicted octanol–water partition coefficient (Wildman–Crippen LogP) is 2.73. The minimum absolute atomic E-state index is 0.316. The Morgan fingerprint density at radius 3 is 2.86 bits per heavy atom. The first-order valence-corrected chi connectivity index (χ1v) is 7.46. The average molecular weight is 299 g/mol. The second kappa shape index (κ2) is 5.42. The monoisotopic (exact) mass is 299 g/mol.